The standard InChI is InChI=1S/C6H12N2O2S/c1-4-5-8-6(7-2)11(3,9)10/h4-5H,1-3H3,(H,7,8)/b5-4-. The summed E-state index contributed by atoms with van der Waals surface area (Å²) in [5.41, 5.74) is 0. The van der Waals surface area contributed by atoms with Crippen molar-refractivity contribution in [3.63, 3.8) is 0 Å². The molecule has 0 bridgehead atoms. The van der Waals surface area contributed by atoms with Gasteiger partial charge in [-0.2, -0.15) is 0 Å². The van der Waals surface area contributed by atoms with Gasteiger partial charge < -0.3 is 5.32 Å². The fourth-order valence-electron chi connectivity index (χ4n) is 0.492. The van der Waals surface area contributed by atoms with E-state index < -0.39 is 9.84 Å². The molecule has 0 aromatic rings. The maximum Gasteiger partial charge on any atom is 0.219 e. The number of amidine groups is 1. The van der Waals surface area contributed by atoms with Gasteiger partial charge in [0.1, 0.15) is 0 Å². The molecule has 0 rings (SSSR count). The zero-order valence-electron chi connectivity index (χ0n) is 6.83. The molecular weight excluding hydrogens is 164 g/mol. The van der Waals surface area contributed by atoms with E-state index in [1.807, 2.05) is 0 Å². The van der Waals surface area contributed by atoms with E-state index in [0.29, 0.717) is 0 Å². The molecule has 4 nitrogen and oxygen atoms in total. The largest absolute Gasteiger partial charge is 0.338 e. The summed E-state index contributed by atoms with van der Waals surface area (Å²) in [6.45, 7) is 1.78. The molecule has 0 heterocycles. The first-order chi connectivity index (χ1) is 5.02. The van der Waals surface area contributed by atoms with Gasteiger partial charge in [-0.15, -0.1) is 0 Å². The fourth-order valence-corrected chi connectivity index (χ4v) is 1.11. The third-order valence-electron chi connectivity index (χ3n) is 0.928. The molecule has 11 heavy (non-hydrogen) atoms. The molecule has 0 aliphatic carbocycles. The Bertz CT molecular complexity index is 264. The van der Waals surface area contributed by atoms with Gasteiger partial charge in [-0.3, -0.25) is 4.99 Å². The Balaban J connectivity index is 4.47. The Morgan fingerprint density at radius 2 is 2.09 bits per heavy atom. The van der Waals surface area contributed by atoms with Gasteiger partial charge in [-0.25, -0.2) is 8.42 Å². The van der Waals surface area contributed by atoms with Crippen molar-refractivity contribution < 1.29 is 8.42 Å². The summed E-state index contributed by atoms with van der Waals surface area (Å²) in [5, 5.41) is 2.52. The van der Waals surface area contributed by atoms with E-state index in [1.165, 1.54) is 13.2 Å². The third-order valence-corrected chi connectivity index (χ3v) is 1.93. The molecule has 0 unspecified atom stereocenters. The first-order valence-corrected chi connectivity index (χ1v) is 4.96. The smallest absolute Gasteiger partial charge is 0.219 e. The van der Waals surface area contributed by atoms with Crippen LogP contribution in [0.2, 0.25) is 0 Å². The summed E-state index contributed by atoms with van der Waals surface area (Å²) >= 11 is 0. The Morgan fingerprint density at radius 3 is 2.36 bits per heavy atom. The van der Waals surface area contributed by atoms with E-state index in [9.17, 15) is 8.42 Å². The SMILES string of the molecule is C/C=C\NC(=NC)S(C)(=O)=O. The molecule has 64 valence electrons. The maximum absolute atomic E-state index is 10.8. The average molecular weight is 176 g/mol. The summed E-state index contributed by atoms with van der Waals surface area (Å²) in [7, 11) is -1.78. The molecule has 0 atom stereocenters. The lowest BCUT2D eigenvalue weighted by molar-refractivity contribution is 0.611. The fraction of sp³-hybridized carbons (Fsp3) is 0.500. The molecule has 0 spiro atoms. The van der Waals surface area contributed by atoms with Gasteiger partial charge in [-0.05, 0) is 13.1 Å². The van der Waals surface area contributed by atoms with E-state index in [-0.39, 0.29) is 5.17 Å². The summed E-state index contributed by atoms with van der Waals surface area (Å²) < 4.78 is 21.7. The minimum atomic E-state index is -3.20. The number of rotatable bonds is 1. The number of allylic oxidation sites excluding steroid dienone is 1. The molecule has 5 heteroatoms. The van der Waals surface area contributed by atoms with Crippen LogP contribution in [0, 0.1) is 0 Å². The number of nitrogens with one attached hydrogen (secondary N) is 1. The quantitative estimate of drug-likeness (QED) is 0.456. The van der Waals surface area contributed by atoms with Crippen molar-refractivity contribution in [2.75, 3.05) is 13.3 Å². The van der Waals surface area contributed by atoms with Crippen molar-refractivity contribution in [3.05, 3.63) is 12.3 Å². The topological polar surface area (TPSA) is 58.5 Å². The van der Waals surface area contributed by atoms with E-state index in [0.717, 1.165) is 6.26 Å². The second-order valence-electron chi connectivity index (χ2n) is 1.95. The number of hydrogen-bond donors (Lipinski definition) is 1. The van der Waals surface area contributed by atoms with Gasteiger partial charge in [0.05, 0.1) is 0 Å². The van der Waals surface area contributed by atoms with Crippen molar-refractivity contribution in [2.45, 2.75) is 6.92 Å². The summed E-state index contributed by atoms with van der Waals surface area (Å²) in [5.74, 6) is 0. The Morgan fingerprint density at radius 1 is 1.55 bits per heavy atom. The molecule has 0 aromatic heterocycles. The summed E-state index contributed by atoms with van der Waals surface area (Å²) in [6.07, 6.45) is 4.31. The van der Waals surface area contributed by atoms with Crippen LogP contribution in [0.1, 0.15) is 6.92 Å². The highest BCUT2D eigenvalue weighted by atomic mass is 32.2. The summed E-state index contributed by atoms with van der Waals surface area (Å²) in [4.78, 5) is 3.56. The van der Waals surface area contributed by atoms with Gasteiger partial charge in [0.25, 0.3) is 0 Å². The lowest BCUT2D eigenvalue weighted by Gasteiger charge is -2.00. The van der Waals surface area contributed by atoms with Crippen LogP contribution in [-0.4, -0.2) is 26.9 Å². The minimum Gasteiger partial charge on any atom is -0.338 e. The van der Waals surface area contributed by atoms with Crippen LogP contribution in [0.3, 0.4) is 0 Å². The Hall–Kier alpha value is -0.840. The number of nitrogens with zero attached hydrogens (tertiary/aromatic N) is 1. The third kappa shape index (κ3) is 3.77. The zero-order chi connectivity index (χ0) is 8.91. The second-order valence-corrected chi connectivity index (χ2v) is 3.88. The molecule has 0 fully saturated rings. The molecule has 0 amide bonds. The van der Waals surface area contributed by atoms with E-state index in [1.54, 1.807) is 13.0 Å². The highest BCUT2D eigenvalue weighted by molar-refractivity contribution is 8.05. The molecule has 0 radical (unpaired) electrons. The zero-order valence-corrected chi connectivity index (χ0v) is 7.64. The molecule has 1 N–H and O–H groups in total. The van der Waals surface area contributed by atoms with Crippen molar-refractivity contribution in [1.82, 2.24) is 5.32 Å². The predicted octanol–water partition coefficient (Wildman–Crippen LogP) is 0.140. The number of sulfone groups is 1. The van der Waals surface area contributed by atoms with Crippen LogP contribution in [0.15, 0.2) is 17.3 Å². The number of hydrogen-bond acceptors (Lipinski definition) is 3. The van der Waals surface area contributed by atoms with Gasteiger partial charge in [-0.1, -0.05) is 6.08 Å². The van der Waals surface area contributed by atoms with E-state index in [4.69, 9.17) is 0 Å². The van der Waals surface area contributed by atoms with Crippen LogP contribution in [0.25, 0.3) is 0 Å². The number of aliphatic imine (C=N–C) groups is 1. The first kappa shape index (κ1) is 10.2. The van der Waals surface area contributed by atoms with Crippen molar-refractivity contribution in [2.24, 2.45) is 4.99 Å². The van der Waals surface area contributed by atoms with Crippen LogP contribution >= 0.6 is 0 Å². The Labute approximate surface area is 66.9 Å². The van der Waals surface area contributed by atoms with E-state index in [2.05, 4.69) is 10.3 Å². The molecule has 0 saturated carbocycles. The molecule has 0 aliphatic heterocycles. The van der Waals surface area contributed by atoms with Crippen molar-refractivity contribution >= 4 is 15.0 Å². The van der Waals surface area contributed by atoms with Crippen molar-refractivity contribution in [3.8, 4) is 0 Å². The average Bonchev–Trinajstić information content (AvgIpc) is 1.87. The minimum absolute atomic E-state index is 0.0180. The molecule has 0 aliphatic rings. The summed E-state index contributed by atoms with van der Waals surface area (Å²) in [6, 6.07) is 0. The first-order valence-electron chi connectivity index (χ1n) is 3.07. The second kappa shape index (κ2) is 4.12. The molecular formula is C6H12N2O2S. The Kier molecular flexibility index (Phi) is 3.81. The van der Waals surface area contributed by atoms with Gasteiger partial charge >= 0.3 is 0 Å². The highest BCUT2D eigenvalue weighted by Crippen LogP contribution is 1.85. The molecule has 0 aromatic carbocycles. The van der Waals surface area contributed by atoms with Crippen LogP contribution in [-0.2, 0) is 9.84 Å². The van der Waals surface area contributed by atoms with Gasteiger partial charge in [0.2, 0.25) is 15.0 Å². The van der Waals surface area contributed by atoms with Gasteiger partial charge in [0.15, 0.2) is 0 Å². The normalized spacial score (nSPS) is 13.9. The van der Waals surface area contributed by atoms with Crippen LogP contribution in [0.4, 0.5) is 0 Å². The van der Waals surface area contributed by atoms with Crippen LogP contribution in [0.5, 0.6) is 0 Å². The van der Waals surface area contributed by atoms with Gasteiger partial charge in [0, 0.05) is 13.3 Å². The molecule has 0 saturated heterocycles. The lowest BCUT2D eigenvalue weighted by atomic mass is 10.7. The monoisotopic (exact) mass is 176 g/mol. The lowest BCUT2D eigenvalue weighted by Crippen LogP contribution is -2.26. The van der Waals surface area contributed by atoms with Crippen LogP contribution < -0.4 is 5.32 Å². The predicted molar refractivity (Wildman–Crippen MR) is 46.2 cm³/mol. The highest BCUT2D eigenvalue weighted by Gasteiger charge is 2.09. The van der Waals surface area contributed by atoms with Crippen molar-refractivity contribution in [1.29, 1.82) is 0 Å². The van der Waals surface area contributed by atoms with E-state index >= 15 is 0 Å². The maximum atomic E-state index is 10.8.